The van der Waals surface area contributed by atoms with Crippen LogP contribution in [0.5, 0.6) is 0 Å². The maximum atomic E-state index is 12.5. The molecular weight excluding hydrogens is 444 g/mol. The third-order valence-corrected chi connectivity index (χ3v) is 4.23. The summed E-state index contributed by atoms with van der Waals surface area (Å²) < 4.78 is 0. The van der Waals surface area contributed by atoms with E-state index < -0.39 is 67.0 Å². The second-order valence-electron chi connectivity index (χ2n) is 6.95. The Kier molecular flexibility index (Phi) is 13.7. The number of carbonyl (C=O) groups excluding carboxylic acids is 4. The summed E-state index contributed by atoms with van der Waals surface area (Å²) in [5, 5.41) is 34.1. The summed E-state index contributed by atoms with van der Waals surface area (Å²) in [7, 11) is 0. The zero-order valence-electron chi connectivity index (χ0n) is 17.9. The number of carbonyl (C=O) groups is 5. The highest BCUT2D eigenvalue weighted by Gasteiger charge is 2.29. The molecule has 0 fully saturated rings. The minimum absolute atomic E-state index is 0.0453. The normalized spacial score (nSPS) is 14.2. The van der Waals surface area contributed by atoms with Gasteiger partial charge in [-0.15, -0.1) is 0 Å². The number of aliphatic carboxylic acids is 1. The average Bonchev–Trinajstić information content (AvgIpc) is 2.74. The average molecular weight is 476 g/mol. The van der Waals surface area contributed by atoms with Gasteiger partial charge in [0.2, 0.25) is 23.6 Å². The van der Waals surface area contributed by atoms with Crippen LogP contribution in [0.15, 0.2) is 4.99 Å². The Bertz CT molecular complexity index is 728. The van der Waals surface area contributed by atoms with Crippen LogP contribution in [0.4, 0.5) is 0 Å². The molecule has 0 aromatic rings. The van der Waals surface area contributed by atoms with Crippen molar-refractivity contribution in [3.05, 3.63) is 0 Å². The molecule has 33 heavy (non-hydrogen) atoms. The SMILES string of the molecule is NC(=O)CCC(N)C(=O)NC(CO)C(=O)NC(CCCN=C(N)N)C(=O)NC(CO)C(=O)O. The largest absolute Gasteiger partial charge is 0.480 e. The lowest BCUT2D eigenvalue weighted by atomic mass is 10.1. The lowest BCUT2D eigenvalue weighted by Gasteiger charge is -2.24. The molecule has 0 rings (SSSR count). The first-order chi connectivity index (χ1) is 15.4. The predicted molar refractivity (Wildman–Crippen MR) is 114 cm³/mol. The van der Waals surface area contributed by atoms with Gasteiger partial charge < -0.3 is 54.2 Å². The second kappa shape index (κ2) is 15.3. The molecular formula is C17H32N8O8. The fourth-order valence-corrected chi connectivity index (χ4v) is 2.40. The number of hydrogen-bond donors (Lipinski definition) is 10. The summed E-state index contributed by atoms with van der Waals surface area (Å²) in [6, 6.07) is -5.61. The van der Waals surface area contributed by atoms with Gasteiger partial charge in [-0.3, -0.25) is 24.2 Å². The standard InChI is InChI=1S/C17H32N8O8/c18-8(3-4-12(19)28)13(29)24-10(6-26)15(31)23-9(2-1-5-22-17(20)21)14(30)25-11(7-27)16(32)33/h8-11,26-27H,1-7,18H2,(H2,19,28)(H,23,31)(H,24,29)(H,25,30)(H,32,33)(H4,20,21,22). The van der Waals surface area contributed by atoms with Crippen molar-refractivity contribution < 1.29 is 39.3 Å². The number of aliphatic hydroxyl groups is 2. The molecule has 0 aromatic carbocycles. The number of nitrogens with two attached hydrogens (primary N) is 4. The number of nitrogens with one attached hydrogen (secondary N) is 3. The van der Waals surface area contributed by atoms with Gasteiger partial charge in [-0.1, -0.05) is 0 Å². The monoisotopic (exact) mass is 476 g/mol. The van der Waals surface area contributed by atoms with E-state index >= 15 is 0 Å². The van der Waals surface area contributed by atoms with Crippen LogP contribution in [0.3, 0.4) is 0 Å². The number of guanidine groups is 1. The van der Waals surface area contributed by atoms with Crippen molar-refractivity contribution >= 4 is 35.6 Å². The maximum absolute atomic E-state index is 12.5. The molecule has 0 saturated carbocycles. The minimum atomic E-state index is -1.62. The molecule has 0 spiro atoms. The third kappa shape index (κ3) is 12.2. The predicted octanol–water partition coefficient (Wildman–Crippen LogP) is -5.84. The molecule has 16 heteroatoms. The van der Waals surface area contributed by atoms with Crippen LogP contribution in [0.2, 0.25) is 0 Å². The summed E-state index contributed by atoms with van der Waals surface area (Å²) in [6.07, 6.45) is -0.107. The molecule has 0 aromatic heterocycles. The van der Waals surface area contributed by atoms with Gasteiger partial charge in [0, 0.05) is 13.0 Å². The molecule has 0 aliphatic rings. The molecule has 188 valence electrons. The van der Waals surface area contributed by atoms with E-state index in [1.807, 2.05) is 0 Å². The number of nitrogens with zero attached hydrogens (tertiary/aromatic N) is 1. The number of aliphatic hydroxyl groups excluding tert-OH is 2. The molecule has 0 aliphatic carbocycles. The molecule has 0 heterocycles. The quantitative estimate of drug-likeness (QED) is 0.0568. The highest BCUT2D eigenvalue weighted by molar-refractivity contribution is 5.94. The molecule has 4 atom stereocenters. The topological polar surface area (TPSA) is 299 Å². The van der Waals surface area contributed by atoms with Crippen molar-refractivity contribution in [2.45, 2.75) is 49.9 Å². The molecule has 0 aliphatic heterocycles. The van der Waals surface area contributed by atoms with Crippen molar-refractivity contribution in [1.82, 2.24) is 16.0 Å². The van der Waals surface area contributed by atoms with Gasteiger partial charge in [-0.05, 0) is 19.3 Å². The van der Waals surface area contributed by atoms with Gasteiger partial charge in [-0.25, -0.2) is 4.79 Å². The number of rotatable bonds is 16. The molecule has 4 unspecified atom stereocenters. The summed E-state index contributed by atoms with van der Waals surface area (Å²) in [5.41, 5.74) is 21.0. The first-order valence-electron chi connectivity index (χ1n) is 9.87. The Hall–Kier alpha value is -3.50. The minimum Gasteiger partial charge on any atom is -0.480 e. The van der Waals surface area contributed by atoms with Gasteiger partial charge in [0.05, 0.1) is 19.3 Å². The van der Waals surface area contributed by atoms with Crippen molar-refractivity contribution in [2.24, 2.45) is 27.9 Å². The van der Waals surface area contributed by atoms with Crippen LogP contribution < -0.4 is 38.9 Å². The zero-order chi connectivity index (χ0) is 25.6. The first kappa shape index (κ1) is 29.5. The molecule has 14 N–H and O–H groups in total. The summed E-state index contributed by atoms with van der Waals surface area (Å²) in [6.45, 7) is -1.65. The van der Waals surface area contributed by atoms with E-state index in [1.54, 1.807) is 0 Å². The number of primary amides is 1. The second-order valence-corrected chi connectivity index (χ2v) is 6.95. The molecule has 0 bridgehead atoms. The maximum Gasteiger partial charge on any atom is 0.328 e. The fourth-order valence-electron chi connectivity index (χ4n) is 2.40. The number of aliphatic imine (C=N–C) groups is 1. The highest BCUT2D eigenvalue weighted by atomic mass is 16.4. The Morgan fingerprint density at radius 1 is 0.788 bits per heavy atom. The lowest BCUT2D eigenvalue weighted by Crippen LogP contribution is -2.58. The van der Waals surface area contributed by atoms with E-state index in [2.05, 4.69) is 20.9 Å². The van der Waals surface area contributed by atoms with E-state index in [4.69, 9.17) is 33.1 Å². The summed E-state index contributed by atoms with van der Waals surface area (Å²) in [5.74, 6) is -5.11. The Labute approximate surface area is 189 Å². The Morgan fingerprint density at radius 2 is 1.30 bits per heavy atom. The van der Waals surface area contributed by atoms with Crippen molar-refractivity contribution in [3.8, 4) is 0 Å². The lowest BCUT2D eigenvalue weighted by molar-refractivity contribution is -0.143. The number of amides is 4. The van der Waals surface area contributed by atoms with Gasteiger partial charge in [0.15, 0.2) is 5.96 Å². The molecule has 16 nitrogen and oxygen atoms in total. The molecule has 0 saturated heterocycles. The first-order valence-corrected chi connectivity index (χ1v) is 9.87. The van der Waals surface area contributed by atoms with Crippen molar-refractivity contribution in [2.75, 3.05) is 19.8 Å². The highest BCUT2D eigenvalue weighted by Crippen LogP contribution is 2.02. The van der Waals surface area contributed by atoms with Gasteiger partial charge >= 0.3 is 5.97 Å². The van der Waals surface area contributed by atoms with E-state index in [-0.39, 0.29) is 38.2 Å². The van der Waals surface area contributed by atoms with Crippen LogP contribution in [0.1, 0.15) is 25.7 Å². The smallest absolute Gasteiger partial charge is 0.328 e. The number of carboxylic acids is 1. The van der Waals surface area contributed by atoms with Crippen molar-refractivity contribution in [3.63, 3.8) is 0 Å². The molecule has 4 amide bonds. The van der Waals surface area contributed by atoms with Crippen LogP contribution in [-0.4, -0.2) is 94.8 Å². The van der Waals surface area contributed by atoms with E-state index in [1.165, 1.54) is 0 Å². The van der Waals surface area contributed by atoms with E-state index in [0.29, 0.717) is 0 Å². The molecule has 0 radical (unpaired) electrons. The van der Waals surface area contributed by atoms with Gasteiger partial charge in [0.25, 0.3) is 0 Å². The number of carboxylic acid groups (broad SMARTS) is 1. The summed E-state index contributed by atoms with van der Waals surface area (Å²) >= 11 is 0. The fraction of sp³-hybridized carbons (Fsp3) is 0.647. The number of hydrogen-bond acceptors (Lipinski definition) is 9. The van der Waals surface area contributed by atoms with E-state index in [9.17, 15) is 29.1 Å². The van der Waals surface area contributed by atoms with Crippen LogP contribution in [-0.2, 0) is 24.0 Å². The summed E-state index contributed by atoms with van der Waals surface area (Å²) in [4.78, 5) is 62.7. The third-order valence-electron chi connectivity index (χ3n) is 4.23. The van der Waals surface area contributed by atoms with Gasteiger partial charge in [-0.2, -0.15) is 0 Å². The van der Waals surface area contributed by atoms with Crippen LogP contribution >= 0.6 is 0 Å². The van der Waals surface area contributed by atoms with E-state index in [0.717, 1.165) is 0 Å². The Balaban J connectivity index is 5.25. The van der Waals surface area contributed by atoms with Crippen LogP contribution in [0.25, 0.3) is 0 Å². The zero-order valence-corrected chi connectivity index (χ0v) is 17.9. The van der Waals surface area contributed by atoms with Gasteiger partial charge in [0.1, 0.15) is 18.1 Å². The van der Waals surface area contributed by atoms with Crippen molar-refractivity contribution in [1.29, 1.82) is 0 Å². The van der Waals surface area contributed by atoms with Crippen LogP contribution in [0, 0.1) is 0 Å². The Morgan fingerprint density at radius 3 is 1.79 bits per heavy atom.